The van der Waals surface area contributed by atoms with E-state index in [2.05, 4.69) is 5.32 Å². The fourth-order valence-electron chi connectivity index (χ4n) is 3.21. The number of benzene rings is 2. The number of nitrogens with one attached hydrogen (secondary N) is 1. The molecule has 0 radical (unpaired) electrons. The second-order valence-electron chi connectivity index (χ2n) is 6.70. The highest BCUT2D eigenvalue weighted by Gasteiger charge is 2.22. The minimum atomic E-state index is -0.611. The molecule has 2 aromatic carbocycles. The zero-order valence-electron chi connectivity index (χ0n) is 15.8. The molecule has 0 aliphatic carbocycles. The van der Waals surface area contributed by atoms with Gasteiger partial charge in [0.25, 0.3) is 11.8 Å². The molecule has 0 bridgehead atoms. The number of hydrogen-bond donors (Lipinski definition) is 2. The number of hydrogen-bond acceptors (Lipinski definition) is 5. The molecule has 1 aliphatic heterocycles. The Morgan fingerprint density at radius 1 is 1.10 bits per heavy atom. The smallest absolute Gasteiger partial charge is 0.256 e. The molecule has 0 saturated carbocycles. The van der Waals surface area contributed by atoms with Gasteiger partial charge in [0.2, 0.25) is 6.79 Å². The quantitative estimate of drug-likeness (QED) is 0.555. The number of amides is 2. The number of anilines is 1. The van der Waals surface area contributed by atoms with E-state index in [4.69, 9.17) is 38.4 Å². The van der Waals surface area contributed by atoms with Gasteiger partial charge < -0.3 is 20.5 Å². The van der Waals surface area contributed by atoms with Crippen molar-refractivity contribution in [2.45, 2.75) is 13.3 Å². The first-order valence-electron chi connectivity index (χ1n) is 8.90. The lowest BCUT2D eigenvalue weighted by Crippen LogP contribution is -2.17. The maximum atomic E-state index is 12.7. The van der Waals surface area contributed by atoms with Crippen LogP contribution in [0.5, 0.6) is 11.5 Å². The minimum absolute atomic E-state index is 0.201. The monoisotopic (exact) mass is 462 g/mol. The van der Waals surface area contributed by atoms with Gasteiger partial charge in [-0.3, -0.25) is 9.59 Å². The Labute approximate surface area is 186 Å². The first-order chi connectivity index (χ1) is 14.3. The van der Waals surface area contributed by atoms with Crippen LogP contribution in [0.15, 0.2) is 36.4 Å². The van der Waals surface area contributed by atoms with Gasteiger partial charge in [0.15, 0.2) is 11.5 Å². The summed E-state index contributed by atoms with van der Waals surface area (Å²) in [7, 11) is 0. The lowest BCUT2D eigenvalue weighted by molar-refractivity contribution is 0.100. The molecule has 0 fully saturated rings. The summed E-state index contributed by atoms with van der Waals surface area (Å²) >= 11 is 13.3. The highest BCUT2D eigenvalue weighted by atomic mass is 35.5. The summed E-state index contributed by atoms with van der Waals surface area (Å²) in [5.41, 5.74) is 7.88. The zero-order chi connectivity index (χ0) is 21.4. The average Bonchev–Trinajstić information content (AvgIpc) is 3.25. The molecule has 2 heterocycles. The maximum absolute atomic E-state index is 12.7. The number of halogens is 2. The molecule has 0 spiro atoms. The third-order valence-corrected chi connectivity index (χ3v) is 6.29. The summed E-state index contributed by atoms with van der Waals surface area (Å²) in [6.07, 6.45) is 0.548. The SMILES string of the molecule is Cc1c(Cc2ccc3c(c2)OCO3)sc(NC(=O)c2cc(Cl)cc(Cl)c2)c1C(N)=O. The Bertz CT molecular complexity index is 1160. The largest absolute Gasteiger partial charge is 0.454 e. The van der Waals surface area contributed by atoms with Crippen LogP contribution in [0.4, 0.5) is 5.00 Å². The number of nitrogens with two attached hydrogens (primary N) is 1. The summed E-state index contributed by atoms with van der Waals surface area (Å²) in [5.74, 6) is 0.341. The summed E-state index contributed by atoms with van der Waals surface area (Å²) in [5, 5.41) is 3.84. The Hall–Kier alpha value is -2.74. The number of ether oxygens (including phenoxy) is 2. The molecule has 4 rings (SSSR count). The van der Waals surface area contributed by atoms with Crippen molar-refractivity contribution >= 4 is 51.4 Å². The van der Waals surface area contributed by atoms with Gasteiger partial charge in [-0.25, -0.2) is 0 Å². The number of thiophene rings is 1. The number of rotatable bonds is 5. The van der Waals surface area contributed by atoms with Crippen LogP contribution in [0.25, 0.3) is 0 Å². The molecule has 3 N–H and O–H groups in total. The summed E-state index contributed by atoms with van der Waals surface area (Å²) in [6.45, 7) is 2.01. The van der Waals surface area contributed by atoms with E-state index in [1.165, 1.54) is 29.5 Å². The van der Waals surface area contributed by atoms with Crippen molar-refractivity contribution in [3.63, 3.8) is 0 Å². The second kappa shape index (κ2) is 8.18. The van der Waals surface area contributed by atoms with Crippen molar-refractivity contribution in [2.24, 2.45) is 5.73 Å². The molecule has 1 aromatic heterocycles. The zero-order valence-corrected chi connectivity index (χ0v) is 18.1. The van der Waals surface area contributed by atoms with Crippen LogP contribution in [0.2, 0.25) is 10.0 Å². The molecule has 6 nitrogen and oxygen atoms in total. The average molecular weight is 463 g/mol. The van der Waals surface area contributed by atoms with Crippen molar-refractivity contribution < 1.29 is 19.1 Å². The molecule has 0 atom stereocenters. The van der Waals surface area contributed by atoms with Crippen LogP contribution < -0.4 is 20.5 Å². The number of primary amides is 1. The highest BCUT2D eigenvalue weighted by molar-refractivity contribution is 7.17. The van der Waals surface area contributed by atoms with Crippen LogP contribution in [0, 0.1) is 6.92 Å². The summed E-state index contributed by atoms with van der Waals surface area (Å²) in [6, 6.07) is 10.2. The topological polar surface area (TPSA) is 90.7 Å². The van der Waals surface area contributed by atoms with E-state index in [0.29, 0.717) is 33.0 Å². The maximum Gasteiger partial charge on any atom is 0.256 e. The molecule has 0 unspecified atom stereocenters. The van der Waals surface area contributed by atoms with Crippen LogP contribution in [-0.4, -0.2) is 18.6 Å². The van der Waals surface area contributed by atoms with Crippen molar-refractivity contribution in [3.8, 4) is 11.5 Å². The minimum Gasteiger partial charge on any atom is -0.454 e. The Morgan fingerprint density at radius 2 is 1.80 bits per heavy atom. The van der Waals surface area contributed by atoms with E-state index in [-0.39, 0.29) is 17.9 Å². The van der Waals surface area contributed by atoms with Crippen molar-refractivity contribution in [1.82, 2.24) is 0 Å². The Kier molecular flexibility index (Phi) is 5.60. The van der Waals surface area contributed by atoms with Gasteiger partial charge in [-0.15, -0.1) is 11.3 Å². The first-order valence-corrected chi connectivity index (χ1v) is 10.5. The summed E-state index contributed by atoms with van der Waals surface area (Å²) < 4.78 is 10.8. The van der Waals surface area contributed by atoms with Gasteiger partial charge in [0.1, 0.15) is 5.00 Å². The fourth-order valence-corrected chi connectivity index (χ4v) is 4.98. The van der Waals surface area contributed by atoms with E-state index in [0.717, 1.165) is 16.0 Å². The molecule has 30 heavy (non-hydrogen) atoms. The molecule has 1 aliphatic rings. The molecular formula is C21H16Cl2N2O4S. The van der Waals surface area contributed by atoms with E-state index in [1.54, 1.807) is 0 Å². The van der Waals surface area contributed by atoms with E-state index >= 15 is 0 Å². The van der Waals surface area contributed by atoms with Gasteiger partial charge in [-0.1, -0.05) is 29.3 Å². The van der Waals surface area contributed by atoms with Crippen molar-refractivity contribution in [1.29, 1.82) is 0 Å². The van der Waals surface area contributed by atoms with Crippen LogP contribution in [0.3, 0.4) is 0 Å². The van der Waals surface area contributed by atoms with Gasteiger partial charge >= 0.3 is 0 Å². The number of carbonyl (C=O) groups excluding carboxylic acids is 2. The molecule has 9 heteroatoms. The van der Waals surface area contributed by atoms with Gasteiger partial charge in [-0.05, 0) is 48.4 Å². The molecule has 0 saturated heterocycles. The predicted molar refractivity (Wildman–Crippen MR) is 117 cm³/mol. The Balaban J connectivity index is 1.63. The molecular weight excluding hydrogens is 447 g/mol. The van der Waals surface area contributed by atoms with E-state index < -0.39 is 11.8 Å². The standard InChI is InChI=1S/C21H16Cl2N2O4S/c1-10-17(5-11-2-3-15-16(4-11)29-9-28-15)30-21(18(10)19(24)26)25-20(27)12-6-13(22)8-14(23)7-12/h2-4,6-8H,5,9H2,1H3,(H2,24,26)(H,25,27). The third kappa shape index (κ3) is 4.09. The predicted octanol–water partition coefficient (Wildman–Crippen LogP) is 5.03. The second-order valence-corrected chi connectivity index (χ2v) is 8.67. The number of fused-ring (bicyclic) bond motifs is 1. The molecule has 154 valence electrons. The normalized spacial score (nSPS) is 12.1. The van der Waals surface area contributed by atoms with Crippen LogP contribution >= 0.6 is 34.5 Å². The van der Waals surface area contributed by atoms with Gasteiger partial charge in [0, 0.05) is 26.9 Å². The molecule has 3 aromatic rings. The van der Waals surface area contributed by atoms with E-state index in [9.17, 15) is 9.59 Å². The van der Waals surface area contributed by atoms with Crippen molar-refractivity contribution in [3.05, 3.63) is 73.6 Å². The first kappa shape index (κ1) is 20.5. The molecule has 2 amide bonds. The van der Waals surface area contributed by atoms with Gasteiger partial charge in [0.05, 0.1) is 5.56 Å². The summed E-state index contributed by atoms with van der Waals surface area (Å²) in [4.78, 5) is 25.7. The van der Waals surface area contributed by atoms with Crippen LogP contribution in [0.1, 0.15) is 36.7 Å². The third-order valence-electron chi connectivity index (χ3n) is 4.65. The highest BCUT2D eigenvalue weighted by Crippen LogP contribution is 2.37. The van der Waals surface area contributed by atoms with Crippen molar-refractivity contribution in [2.75, 3.05) is 12.1 Å². The fraction of sp³-hybridized carbons (Fsp3) is 0.143. The Morgan fingerprint density at radius 3 is 2.50 bits per heavy atom. The van der Waals surface area contributed by atoms with E-state index in [1.807, 2.05) is 25.1 Å². The lowest BCUT2D eigenvalue weighted by atomic mass is 10.1. The number of carbonyl (C=O) groups is 2. The van der Waals surface area contributed by atoms with Crippen LogP contribution in [-0.2, 0) is 6.42 Å². The lowest BCUT2D eigenvalue weighted by Gasteiger charge is -2.06. The van der Waals surface area contributed by atoms with Gasteiger partial charge in [-0.2, -0.15) is 0 Å².